The summed E-state index contributed by atoms with van der Waals surface area (Å²) in [6.45, 7) is 5.58. The van der Waals surface area contributed by atoms with Crippen LogP contribution in [0, 0.1) is 0 Å². The van der Waals surface area contributed by atoms with Crippen molar-refractivity contribution in [1.29, 1.82) is 0 Å². The molecule has 0 aliphatic rings. The molecule has 1 aromatic rings. The Hall–Kier alpha value is -1.03. The largest absolute Gasteiger partial charge is 0.508 e. The molecule has 0 fully saturated rings. The van der Waals surface area contributed by atoms with Crippen molar-refractivity contribution in [1.82, 2.24) is 0 Å². The quantitative estimate of drug-likeness (QED) is 0.895. The van der Waals surface area contributed by atoms with Gasteiger partial charge in [0, 0.05) is 10.0 Å². The third-order valence-corrected chi connectivity index (χ3v) is 3.29. The van der Waals surface area contributed by atoms with Crippen molar-refractivity contribution in [2.24, 2.45) is 0 Å². The number of phenolic OH excluding ortho intramolecular Hbond substituents is 1. The van der Waals surface area contributed by atoms with E-state index >= 15 is 0 Å². The van der Waals surface area contributed by atoms with Crippen LogP contribution in [0.5, 0.6) is 5.75 Å². The van der Waals surface area contributed by atoms with Crippen molar-refractivity contribution < 1.29 is 15.0 Å². The van der Waals surface area contributed by atoms with E-state index in [0.29, 0.717) is 5.56 Å². The van der Waals surface area contributed by atoms with Crippen molar-refractivity contribution in [2.45, 2.75) is 32.6 Å². The van der Waals surface area contributed by atoms with Crippen molar-refractivity contribution in [2.75, 3.05) is 0 Å². The van der Waals surface area contributed by atoms with Gasteiger partial charge in [-0.3, -0.25) is 4.79 Å². The molecule has 88 valence electrons. The van der Waals surface area contributed by atoms with E-state index in [0.717, 1.165) is 10.0 Å². The van der Waals surface area contributed by atoms with Gasteiger partial charge in [-0.2, -0.15) is 0 Å². The monoisotopic (exact) mass is 286 g/mol. The van der Waals surface area contributed by atoms with Gasteiger partial charge >= 0.3 is 5.97 Å². The molecule has 1 rings (SSSR count). The number of rotatable bonds is 3. The third-order valence-electron chi connectivity index (χ3n) is 2.60. The average molecular weight is 287 g/mol. The zero-order valence-electron chi connectivity index (χ0n) is 9.49. The summed E-state index contributed by atoms with van der Waals surface area (Å²) >= 11 is 3.40. The van der Waals surface area contributed by atoms with E-state index in [4.69, 9.17) is 5.11 Å². The molecule has 0 bridgehead atoms. The summed E-state index contributed by atoms with van der Waals surface area (Å²) in [5.74, 6) is -1.34. The number of hydrogen-bond donors (Lipinski definition) is 2. The summed E-state index contributed by atoms with van der Waals surface area (Å²) in [4.78, 5) is 10.9. The van der Waals surface area contributed by atoms with Crippen LogP contribution in [0.3, 0.4) is 0 Å². The van der Waals surface area contributed by atoms with Gasteiger partial charge in [-0.25, -0.2) is 0 Å². The Labute approximate surface area is 103 Å². The lowest BCUT2D eigenvalue weighted by Crippen LogP contribution is -2.08. The lowest BCUT2D eigenvalue weighted by Gasteiger charge is -2.14. The van der Waals surface area contributed by atoms with E-state index in [9.17, 15) is 9.90 Å². The maximum atomic E-state index is 10.9. The number of aliphatic carboxylic acids is 1. The first kappa shape index (κ1) is 13.0. The molecule has 0 saturated carbocycles. The van der Waals surface area contributed by atoms with Gasteiger partial charge in [0.15, 0.2) is 0 Å². The van der Waals surface area contributed by atoms with Gasteiger partial charge in [-0.1, -0.05) is 29.8 Å². The van der Waals surface area contributed by atoms with Gasteiger partial charge in [0.25, 0.3) is 0 Å². The van der Waals surface area contributed by atoms with Crippen LogP contribution in [0.15, 0.2) is 16.6 Å². The van der Waals surface area contributed by atoms with Gasteiger partial charge in [0.05, 0.1) is 5.92 Å². The minimum absolute atomic E-state index is 0.0433. The van der Waals surface area contributed by atoms with E-state index in [-0.39, 0.29) is 11.7 Å². The van der Waals surface area contributed by atoms with Crippen molar-refractivity contribution in [3.05, 3.63) is 27.7 Å². The number of halogens is 1. The summed E-state index contributed by atoms with van der Waals surface area (Å²) in [5, 5.41) is 18.7. The SMILES string of the molecule is CC(C)c1cc(O)c(C(C)C(=O)O)cc1Br. The molecule has 2 N–H and O–H groups in total. The number of benzene rings is 1. The van der Waals surface area contributed by atoms with Gasteiger partial charge in [0.2, 0.25) is 0 Å². The highest BCUT2D eigenvalue weighted by molar-refractivity contribution is 9.10. The van der Waals surface area contributed by atoms with Crippen LogP contribution >= 0.6 is 15.9 Å². The number of carbonyl (C=O) groups is 1. The zero-order valence-corrected chi connectivity index (χ0v) is 11.1. The molecule has 0 spiro atoms. The summed E-state index contributed by atoms with van der Waals surface area (Å²) in [6.07, 6.45) is 0. The first-order valence-electron chi connectivity index (χ1n) is 5.09. The second-order valence-electron chi connectivity index (χ2n) is 4.15. The van der Waals surface area contributed by atoms with E-state index in [1.807, 2.05) is 13.8 Å². The molecule has 0 aliphatic heterocycles. The van der Waals surface area contributed by atoms with Crippen LogP contribution in [-0.4, -0.2) is 16.2 Å². The minimum Gasteiger partial charge on any atom is -0.508 e. The summed E-state index contributed by atoms with van der Waals surface area (Å²) in [7, 11) is 0. The Morgan fingerprint density at radius 3 is 2.25 bits per heavy atom. The summed E-state index contributed by atoms with van der Waals surface area (Å²) in [6, 6.07) is 3.31. The minimum atomic E-state index is -0.945. The number of carboxylic acids is 1. The predicted octanol–water partition coefficient (Wildman–Crippen LogP) is 3.47. The molecule has 4 heteroatoms. The molecule has 0 saturated heterocycles. The normalized spacial score (nSPS) is 12.8. The number of aromatic hydroxyl groups is 1. The molecule has 0 heterocycles. The summed E-state index contributed by atoms with van der Waals surface area (Å²) in [5.41, 5.74) is 1.41. The fourth-order valence-electron chi connectivity index (χ4n) is 1.52. The highest BCUT2D eigenvalue weighted by Crippen LogP contribution is 2.34. The first-order valence-corrected chi connectivity index (χ1v) is 5.89. The topological polar surface area (TPSA) is 57.5 Å². The standard InChI is InChI=1S/C12H15BrO3/c1-6(2)8-5-11(14)9(4-10(8)13)7(3)12(15)16/h4-7,14H,1-3H3,(H,15,16). The third kappa shape index (κ3) is 2.55. The molecular weight excluding hydrogens is 272 g/mol. The molecule has 0 radical (unpaired) electrons. The molecule has 1 aromatic carbocycles. The maximum Gasteiger partial charge on any atom is 0.310 e. The smallest absolute Gasteiger partial charge is 0.310 e. The molecule has 0 aliphatic carbocycles. The molecule has 3 nitrogen and oxygen atoms in total. The highest BCUT2D eigenvalue weighted by atomic mass is 79.9. The molecule has 1 atom stereocenters. The molecule has 0 amide bonds. The Morgan fingerprint density at radius 2 is 1.81 bits per heavy atom. The van der Waals surface area contributed by atoms with E-state index in [1.165, 1.54) is 0 Å². The van der Waals surface area contributed by atoms with Crippen LogP contribution in [0.25, 0.3) is 0 Å². The predicted molar refractivity (Wildman–Crippen MR) is 65.9 cm³/mol. The lowest BCUT2D eigenvalue weighted by atomic mass is 9.95. The van der Waals surface area contributed by atoms with Crippen LogP contribution in [0.1, 0.15) is 43.7 Å². The molecular formula is C12H15BrO3. The lowest BCUT2D eigenvalue weighted by molar-refractivity contribution is -0.138. The van der Waals surface area contributed by atoms with Crippen LogP contribution in [0.2, 0.25) is 0 Å². The van der Waals surface area contributed by atoms with Crippen molar-refractivity contribution >= 4 is 21.9 Å². The van der Waals surface area contributed by atoms with Crippen molar-refractivity contribution in [3.63, 3.8) is 0 Å². The van der Waals surface area contributed by atoms with Crippen LogP contribution in [-0.2, 0) is 4.79 Å². The fourth-order valence-corrected chi connectivity index (χ4v) is 2.33. The van der Waals surface area contributed by atoms with E-state index < -0.39 is 11.9 Å². The van der Waals surface area contributed by atoms with Crippen LogP contribution in [0.4, 0.5) is 0 Å². The Balaban J connectivity index is 3.25. The first-order chi connectivity index (χ1) is 7.34. The Bertz CT molecular complexity index is 413. The van der Waals surface area contributed by atoms with E-state index in [1.54, 1.807) is 19.1 Å². The van der Waals surface area contributed by atoms with Crippen LogP contribution < -0.4 is 0 Å². The Kier molecular flexibility index (Phi) is 3.97. The Morgan fingerprint density at radius 1 is 1.25 bits per heavy atom. The van der Waals surface area contributed by atoms with Crippen molar-refractivity contribution in [3.8, 4) is 5.75 Å². The summed E-state index contributed by atoms with van der Waals surface area (Å²) < 4.78 is 0.836. The highest BCUT2D eigenvalue weighted by Gasteiger charge is 2.19. The van der Waals surface area contributed by atoms with Gasteiger partial charge < -0.3 is 10.2 Å². The fraction of sp³-hybridized carbons (Fsp3) is 0.417. The number of hydrogen-bond acceptors (Lipinski definition) is 2. The molecule has 16 heavy (non-hydrogen) atoms. The maximum absolute atomic E-state index is 10.9. The van der Waals surface area contributed by atoms with Gasteiger partial charge in [0.1, 0.15) is 5.75 Å². The second kappa shape index (κ2) is 4.87. The number of phenols is 1. The van der Waals surface area contributed by atoms with Gasteiger partial charge in [-0.15, -0.1) is 0 Å². The number of carboxylic acid groups (broad SMARTS) is 1. The molecule has 0 aromatic heterocycles. The average Bonchev–Trinajstić information content (AvgIpc) is 2.19. The van der Waals surface area contributed by atoms with Gasteiger partial charge in [-0.05, 0) is 30.5 Å². The van der Waals surface area contributed by atoms with E-state index in [2.05, 4.69) is 15.9 Å². The second-order valence-corrected chi connectivity index (χ2v) is 5.00. The molecule has 1 unspecified atom stereocenters. The zero-order chi connectivity index (χ0) is 12.5.